The summed E-state index contributed by atoms with van der Waals surface area (Å²) in [5.74, 6) is -1.34. The Balaban J connectivity index is 2.22. The molecule has 0 saturated heterocycles. The molecule has 1 aromatic rings. The van der Waals surface area contributed by atoms with Crippen LogP contribution in [0.5, 0.6) is 0 Å². The number of carboxylic acid groups (broad SMARTS) is 1. The van der Waals surface area contributed by atoms with E-state index in [0.717, 1.165) is 25.2 Å². The largest absolute Gasteiger partial charge is 0.478 e. The maximum atomic E-state index is 12.0. The summed E-state index contributed by atoms with van der Waals surface area (Å²) >= 11 is 0. The van der Waals surface area contributed by atoms with Crippen molar-refractivity contribution in [1.29, 1.82) is 0 Å². The lowest BCUT2D eigenvalue weighted by Gasteiger charge is -2.11. The standard InChI is InChI=1S/C15H17NO5S/c1-22(20,21)13-8-11(15(18)19)7-12(9-13)16-14(17)6-10-4-2-3-5-10/h2,4,7-10H,3,5-6H2,1H3,(H,16,17)(H,18,19). The van der Waals surface area contributed by atoms with Crippen LogP contribution in [0.1, 0.15) is 29.6 Å². The summed E-state index contributed by atoms with van der Waals surface area (Å²) in [5.41, 5.74) is -0.00807. The predicted molar refractivity (Wildman–Crippen MR) is 81.6 cm³/mol. The predicted octanol–water partition coefficient (Wildman–Crippen LogP) is 2.08. The molecule has 6 nitrogen and oxygen atoms in total. The molecule has 118 valence electrons. The van der Waals surface area contributed by atoms with Gasteiger partial charge in [-0.1, -0.05) is 12.2 Å². The quantitative estimate of drug-likeness (QED) is 0.808. The Labute approximate surface area is 128 Å². The van der Waals surface area contributed by atoms with E-state index in [4.69, 9.17) is 5.11 Å². The molecule has 1 unspecified atom stereocenters. The normalized spacial score (nSPS) is 17.4. The molecule has 0 saturated carbocycles. The molecule has 0 aromatic heterocycles. The maximum absolute atomic E-state index is 12.0. The van der Waals surface area contributed by atoms with Crippen molar-refractivity contribution < 1.29 is 23.1 Å². The number of aromatic carboxylic acids is 1. The number of allylic oxidation sites excluding steroid dienone is 2. The summed E-state index contributed by atoms with van der Waals surface area (Å²) in [5, 5.41) is 11.6. The van der Waals surface area contributed by atoms with Crippen LogP contribution in [0.4, 0.5) is 5.69 Å². The summed E-state index contributed by atoms with van der Waals surface area (Å²) in [6.07, 6.45) is 7.15. The highest BCUT2D eigenvalue weighted by molar-refractivity contribution is 7.90. The summed E-state index contributed by atoms with van der Waals surface area (Å²) < 4.78 is 23.2. The van der Waals surface area contributed by atoms with Crippen molar-refractivity contribution in [3.05, 3.63) is 35.9 Å². The topological polar surface area (TPSA) is 101 Å². The Morgan fingerprint density at radius 2 is 2.05 bits per heavy atom. The van der Waals surface area contributed by atoms with Gasteiger partial charge in [-0.15, -0.1) is 0 Å². The van der Waals surface area contributed by atoms with Gasteiger partial charge >= 0.3 is 5.97 Å². The van der Waals surface area contributed by atoms with Gasteiger partial charge in [0.15, 0.2) is 9.84 Å². The molecule has 0 fully saturated rings. The third-order valence-electron chi connectivity index (χ3n) is 3.43. The number of carboxylic acids is 1. The molecule has 1 aromatic carbocycles. The lowest BCUT2D eigenvalue weighted by molar-refractivity contribution is -0.116. The van der Waals surface area contributed by atoms with Gasteiger partial charge in [0.25, 0.3) is 0 Å². The summed E-state index contributed by atoms with van der Waals surface area (Å²) in [7, 11) is -3.57. The molecule has 1 aliphatic rings. The lowest BCUT2D eigenvalue weighted by atomic mass is 10.0. The van der Waals surface area contributed by atoms with Gasteiger partial charge in [0, 0.05) is 18.4 Å². The van der Waals surface area contributed by atoms with Crippen LogP contribution in [0, 0.1) is 5.92 Å². The molecular weight excluding hydrogens is 306 g/mol. The first-order valence-corrected chi connectivity index (χ1v) is 8.70. The zero-order chi connectivity index (χ0) is 16.3. The summed E-state index contributed by atoms with van der Waals surface area (Å²) in [6.45, 7) is 0. The first-order valence-electron chi connectivity index (χ1n) is 6.80. The van der Waals surface area contributed by atoms with E-state index in [0.29, 0.717) is 6.42 Å². The Kier molecular flexibility index (Phi) is 4.65. The smallest absolute Gasteiger partial charge is 0.335 e. The SMILES string of the molecule is CS(=O)(=O)c1cc(NC(=O)CC2C=CCC2)cc(C(=O)O)c1. The molecule has 1 atom stereocenters. The van der Waals surface area contributed by atoms with E-state index in [2.05, 4.69) is 5.32 Å². The highest BCUT2D eigenvalue weighted by Gasteiger charge is 2.17. The minimum absolute atomic E-state index is 0.136. The van der Waals surface area contributed by atoms with Crippen LogP contribution < -0.4 is 5.32 Å². The van der Waals surface area contributed by atoms with E-state index < -0.39 is 15.8 Å². The maximum Gasteiger partial charge on any atom is 0.335 e. The van der Waals surface area contributed by atoms with Crippen LogP contribution in [0.25, 0.3) is 0 Å². The van der Waals surface area contributed by atoms with Crippen molar-refractivity contribution in [2.24, 2.45) is 5.92 Å². The number of carbonyl (C=O) groups is 2. The molecule has 0 radical (unpaired) electrons. The first-order chi connectivity index (χ1) is 10.3. The molecule has 0 spiro atoms. The summed E-state index contributed by atoms with van der Waals surface area (Å²) in [6, 6.07) is 3.59. The van der Waals surface area contributed by atoms with Gasteiger partial charge in [-0.05, 0) is 37.0 Å². The number of anilines is 1. The number of amides is 1. The van der Waals surface area contributed by atoms with E-state index in [9.17, 15) is 18.0 Å². The van der Waals surface area contributed by atoms with Crippen LogP contribution in [0.2, 0.25) is 0 Å². The van der Waals surface area contributed by atoms with Crippen LogP contribution in [0.15, 0.2) is 35.2 Å². The lowest BCUT2D eigenvalue weighted by Crippen LogP contribution is -2.15. The van der Waals surface area contributed by atoms with E-state index in [-0.39, 0.29) is 28.0 Å². The van der Waals surface area contributed by atoms with Gasteiger partial charge in [-0.3, -0.25) is 4.79 Å². The number of benzene rings is 1. The fourth-order valence-electron chi connectivity index (χ4n) is 2.32. The molecule has 22 heavy (non-hydrogen) atoms. The molecule has 0 heterocycles. The molecule has 2 N–H and O–H groups in total. The number of rotatable bonds is 5. The average Bonchev–Trinajstić information content (AvgIpc) is 2.89. The third-order valence-corrected chi connectivity index (χ3v) is 4.52. The van der Waals surface area contributed by atoms with Crippen molar-refractivity contribution in [1.82, 2.24) is 0 Å². The highest BCUT2D eigenvalue weighted by atomic mass is 32.2. The number of sulfone groups is 1. The van der Waals surface area contributed by atoms with Gasteiger partial charge < -0.3 is 10.4 Å². The molecule has 0 bridgehead atoms. The van der Waals surface area contributed by atoms with E-state index in [1.807, 2.05) is 12.2 Å². The van der Waals surface area contributed by atoms with Gasteiger partial charge in [0.05, 0.1) is 10.5 Å². The molecule has 2 rings (SSSR count). The Bertz CT molecular complexity index is 736. The van der Waals surface area contributed by atoms with Crippen LogP contribution in [0.3, 0.4) is 0 Å². The molecular formula is C15H17NO5S. The van der Waals surface area contributed by atoms with Gasteiger partial charge in [-0.2, -0.15) is 0 Å². The number of hydrogen-bond donors (Lipinski definition) is 2. The summed E-state index contributed by atoms with van der Waals surface area (Å²) in [4.78, 5) is 22.9. The fraction of sp³-hybridized carbons (Fsp3) is 0.333. The molecule has 0 aliphatic heterocycles. The van der Waals surface area contributed by atoms with E-state index in [1.54, 1.807) is 0 Å². The molecule has 1 aliphatic carbocycles. The second-order valence-electron chi connectivity index (χ2n) is 5.34. The zero-order valence-electron chi connectivity index (χ0n) is 12.1. The fourth-order valence-corrected chi connectivity index (χ4v) is 3.01. The van der Waals surface area contributed by atoms with Gasteiger partial charge in [-0.25, -0.2) is 13.2 Å². The van der Waals surface area contributed by atoms with Crippen molar-refractivity contribution in [2.45, 2.75) is 24.2 Å². The zero-order valence-corrected chi connectivity index (χ0v) is 12.9. The van der Waals surface area contributed by atoms with Crippen molar-refractivity contribution >= 4 is 27.4 Å². The van der Waals surface area contributed by atoms with Gasteiger partial charge in [0.1, 0.15) is 0 Å². The number of carbonyl (C=O) groups excluding carboxylic acids is 1. The average molecular weight is 323 g/mol. The number of nitrogens with one attached hydrogen (secondary N) is 1. The van der Waals surface area contributed by atoms with E-state index >= 15 is 0 Å². The van der Waals surface area contributed by atoms with Crippen molar-refractivity contribution in [3.63, 3.8) is 0 Å². The van der Waals surface area contributed by atoms with Crippen LogP contribution in [-0.2, 0) is 14.6 Å². The second kappa shape index (κ2) is 6.31. The highest BCUT2D eigenvalue weighted by Crippen LogP contribution is 2.23. The third kappa shape index (κ3) is 4.17. The van der Waals surface area contributed by atoms with Crippen LogP contribution in [-0.4, -0.2) is 31.7 Å². The molecule has 7 heteroatoms. The Morgan fingerprint density at radius 3 is 2.59 bits per heavy atom. The monoisotopic (exact) mass is 323 g/mol. The van der Waals surface area contributed by atoms with Crippen LogP contribution >= 0.6 is 0 Å². The minimum Gasteiger partial charge on any atom is -0.478 e. The van der Waals surface area contributed by atoms with Crippen molar-refractivity contribution in [2.75, 3.05) is 11.6 Å². The van der Waals surface area contributed by atoms with Gasteiger partial charge in [0.2, 0.25) is 5.91 Å². The number of hydrogen-bond acceptors (Lipinski definition) is 4. The second-order valence-corrected chi connectivity index (χ2v) is 7.36. The van der Waals surface area contributed by atoms with E-state index in [1.165, 1.54) is 12.1 Å². The first kappa shape index (κ1) is 16.2. The molecule has 1 amide bonds. The Hall–Kier alpha value is -2.15. The minimum atomic E-state index is -3.57. The van der Waals surface area contributed by atoms with Crippen molar-refractivity contribution in [3.8, 4) is 0 Å². The Morgan fingerprint density at radius 1 is 1.32 bits per heavy atom.